The number of hydrogen-bond donors (Lipinski definition) is 1. The summed E-state index contributed by atoms with van der Waals surface area (Å²) >= 11 is 1.82. The van der Waals surface area contributed by atoms with Crippen molar-refractivity contribution in [1.29, 1.82) is 0 Å². The number of rotatable bonds is 0. The lowest BCUT2D eigenvalue weighted by atomic mass is 10.1. The van der Waals surface area contributed by atoms with Crippen LogP contribution >= 0.6 is 11.3 Å². The van der Waals surface area contributed by atoms with Crippen molar-refractivity contribution in [3.8, 4) is 0 Å². The van der Waals surface area contributed by atoms with Crippen molar-refractivity contribution in [2.45, 2.75) is 13.0 Å². The van der Waals surface area contributed by atoms with Crippen LogP contribution in [0.1, 0.15) is 23.4 Å². The van der Waals surface area contributed by atoms with Gasteiger partial charge in [-0.1, -0.05) is 0 Å². The van der Waals surface area contributed by atoms with Crippen LogP contribution in [0.2, 0.25) is 0 Å². The Morgan fingerprint density at radius 3 is 3.30 bits per heavy atom. The van der Waals surface area contributed by atoms with Crippen molar-refractivity contribution >= 4 is 17.4 Å². The molecule has 0 bridgehead atoms. The van der Waals surface area contributed by atoms with Gasteiger partial charge in [0.05, 0.1) is 6.04 Å². The van der Waals surface area contributed by atoms with Crippen LogP contribution in [0.3, 0.4) is 0 Å². The van der Waals surface area contributed by atoms with Gasteiger partial charge < -0.3 is 5.32 Å². The molecule has 0 radical (unpaired) electrons. The van der Waals surface area contributed by atoms with Gasteiger partial charge in [-0.3, -0.25) is 0 Å². The van der Waals surface area contributed by atoms with Gasteiger partial charge in [-0.2, -0.15) is 0 Å². The number of hydrogen-bond acceptors (Lipinski definition) is 2. The molecule has 1 nitrogen and oxygen atoms in total. The third-order valence-electron chi connectivity index (χ3n) is 1.73. The normalized spacial score (nSPS) is 21.9. The largest absolute Gasteiger partial charge is 0.384 e. The molecule has 0 spiro atoms. The summed E-state index contributed by atoms with van der Waals surface area (Å²) in [5.41, 5.74) is 1.37. The minimum Gasteiger partial charge on any atom is -0.384 e. The topological polar surface area (TPSA) is 12.0 Å². The summed E-state index contributed by atoms with van der Waals surface area (Å²) in [5, 5.41) is 5.39. The molecule has 0 saturated heterocycles. The van der Waals surface area contributed by atoms with Crippen LogP contribution in [-0.4, -0.2) is 0 Å². The molecule has 0 amide bonds. The highest BCUT2D eigenvalue weighted by molar-refractivity contribution is 7.10. The van der Waals surface area contributed by atoms with Crippen LogP contribution in [0.4, 0.5) is 0 Å². The first kappa shape index (κ1) is 5.98. The molecule has 0 saturated carbocycles. The van der Waals surface area contributed by atoms with Crippen molar-refractivity contribution in [3.63, 3.8) is 0 Å². The molecule has 0 fully saturated rings. The molecule has 2 heterocycles. The lowest BCUT2D eigenvalue weighted by molar-refractivity contribution is 0.693. The molecule has 1 aliphatic rings. The molecule has 1 aromatic heterocycles. The summed E-state index contributed by atoms with van der Waals surface area (Å²) in [5.74, 6) is 0. The maximum Gasteiger partial charge on any atom is 0.0579 e. The molecule has 1 N–H and O–H groups in total. The lowest BCUT2D eigenvalue weighted by Gasteiger charge is -2.15. The van der Waals surface area contributed by atoms with Gasteiger partial charge in [0, 0.05) is 4.88 Å². The second-order valence-corrected chi connectivity index (χ2v) is 3.41. The molecule has 52 valence electrons. The molecule has 2 heteroatoms. The average Bonchev–Trinajstić information content (AvgIpc) is 2.36. The summed E-state index contributed by atoms with van der Waals surface area (Å²) in [4.78, 5) is 1.45. The molecule has 10 heavy (non-hydrogen) atoms. The van der Waals surface area contributed by atoms with Crippen molar-refractivity contribution in [3.05, 3.63) is 28.1 Å². The van der Waals surface area contributed by atoms with Crippen LogP contribution in [0.25, 0.3) is 6.08 Å². The van der Waals surface area contributed by atoms with Crippen molar-refractivity contribution in [1.82, 2.24) is 5.32 Å². The Kier molecular flexibility index (Phi) is 1.27. The van der Waals surface area contributed by atoms with Gasteiger partial charge in [0.15, 0.2) is 0 Å². The predicted octanol–water partition coefficient (Wildman–Crippen LogP) is 2.38. The van der Waals surface area contributed by atoms with Crippen molar-refractivity contribution in [2.24, 2.45) is 0 Å². The molecule has 2 rings (SSSR count). The van der Waals surface area contributed by atoms with E-state index in [9.17, 15) is 0 Å². The van der Waals surface area contributed by atoms with E-state index in [0.29, 0.717) is 6.04 Å². The Morgan fingerprint density at radius 2 is 2.50 bits per heavy atom. The minimum absolute atomic E-state index is 0.500. The molecule has 0 aromatic carbocycles. The summed E-state index contributed by atoms with van der Waals surface area (Å²) in [6, 6.07) is 2.66. The maximum absolute atomic E-state index is 3.25. The third-order valence-corrected chi connectivity index (χ3v) is 2.84. The van der Waals surface area contributed by atoms with E-state index in [1.807, 2.05) is 17.5 Å². The summed E-state index contributed by atoms with van der Waals surface area (Å²) in [6.45, 7) is 2.18. The van der Waals surface area contributed by atoms with Gasteiger partial charge in [0.2, 0.25) is 0 Å². The van der Waals surface area contributed by atoms with E-state index in [1.165, 1.54) is 10.4 Å². The van der Waals surface area contributed by atoms with Crippen molar-refractivity contribution in [2.75, 3.05) is 0 Å². The molecule has 1 atom stereocenters. The van der Waals surface area contributed by atoms with E-state index in [0.717, 1.165) is 0 Å². The SMILES string of the molecule is CC1NC=Cc2ccsc21. The first-order chi connectivity index (χ1) is 4.88. The third kappa shape index (κ3) is 0.762. The Labute approximate surface area is 64.4 Å². The van der Waals surface area contributed by atoms with Crippen LogP contribution in [0.5, 0.6) is 0 Å². The van der Waals surface area contributed by atoms with Gasteiger partial charge in [0.25, 0.3) is 0 Å². The zero-order valence-electron chi connectivity index (χ0n) is 5.79. The fourth-order valence-corrected chi connectivity index (χ4v) is 2.08. The number of nitrogens with one attached hydrogen (secondary N) is 1. The fourth-order valence-electron chi connectivity index (χ4n) is 1.18. The number of fused-ring (bicyclic) bond motifs is 1. The Balaban J connectivity index is 2.52. The standard InChI is InChI=1S/C8H9NS/c1-6-8-7(2-4-9-6)3-5-10-8/h2-6,9H,1H3. The molecule has 0 aliphatic carbocycles. The highest BCUT2D eigenvalue weighted by Gasteiger charge is 2.11. The van der Waals surface area contributed by atoms with Crippen LogP contribution in [0.15, 0.2) is 17.6 Å². The minimum atomic E-state index is 0.500. The van der Waals surface area contributed by atoms with E-state index in [-0.39, 0.29) is 0 Å². The smallest absolute Gasteiger partial charge is 0.0579 e. The monoisotopic (exact) mass is 151 g/mol. The van der Waals surface area contributed by atoms with Crippen LogP contribution in [0, 0.1) is 0 Å². The van der Waals surface area contributed by atoms with E-state index in [2.05, 4.69) is 29.8 Å². The zero-order valence-corrected chi connectivity index (χ0v) is 6.61. The van der Waals surface area contributed by atoms with E-state index in [1.54, 1.807) is 0 Å². The van der Waals surface area contributed by atoms with E-state index < -0.39 is 0 Å². The summed E-state index contributed by atoms with van der Waals surface area (Å²) < 4.78 is 0. The Hall–Kier alpha value is -0.760. The lowest BCUT2D eigenvalue weighted by Crippen LogP contribution is -2.13. The van der Waals surface area contributed by atoms with E-state index >= 15 is 0 Å². The zero-order chi connectivity index (χ0) is 6.97. The van der Waals surface area contributed by atoms with Crippen molar-refractivity contribution < 1.29 is 0 Å². The van der Waals surface area contributed by atoms with Gasteiger partial charge in [0.1, 0.15) is 0 Å². The van der Waals surface area contributed by atoms with Gasteiger partial charge in [-0.05, 0) is 36.2 Å². The van der Waals surface area contributed by atoms with Gasteiger partial charge in [-0.15, -0.1) is 11.3 Å². The first-order valence-corrected chi connectivity index (χ1v) is 4.26. The summed E-state index contributed by atoms with van der Waals surface area (Å²) in [6.07, 6.45) is 4.13. The molecular formula is C8H9NS. The molecule has 1 aliphatic heterocycles. The first-order valence-electron chi connectivity index (χ1n) is 3.38. The van der Waals surface area contributed by atoms with E-state index in [4.69, 9.17) is 0 Å². The fraction of sp³-hybridized carbons (Fsp3) is 0.250. The highest BCUT2D eigenvalue weighted by Crippen LogP contribution is 2.27. The second-order valence-electron chi connectivity index (χ2n) is 2.46. The molecule has 1 aromatic rings. The Bertz CT molecular complexity index is 262. The second kappa shape index (κ2) is 2.13. The predicted molar refractivity (Wildman–Crippen MR) is 44.9 cm³/mol. The summed E-state index contributed by atoms with van der Waals surface area (Å²) in [7, 11) is 0. The van der Waals surface area contributed by atoms with Crippen LogP contribution in [-0.2, 0) is 0 Å². The van der Waals surface area contributed by atoms with Gasteiger partial charge in [-0.25, -0.2) is 0 Å². The number of thiophene rings is 1. The molecular weight excluding hydrogens is 142 g/mol. The Morgan fingerprint density at radius 1 is 1.60 bits per heavy atom. The average molecular weight is 151 g/mol. The molecule has 1 unspecified atom stereocenters. The van der Waals surface area contributed by atoms with Gasteiger partial charge >= 0.3 is 0 Å². The quantitative estimate of drug-likeness (QED) is 0.600. The highest BCUT2D eigenvalue weighted by atomic mass is 32.1. The van der Waals surface area contributed by atoms with Crippen LogP contribution < -0.4 is 5.32 Å². The maximum atomic E-state index is 3.25.